The number of hydrogen-bond donors (Lipinski definition) is 1. The number of aliphatic carboxylic acids is 1. The van der Waals surface area contributed by atoms with Crippen molar-refractivity contribution in [1.29, 1.82) is 0 Å². The first-order valence-electron chi connectivity index (χ1n) is 6.22. The molecule has 1 heterocycles. The molecule has 0 radical (unpaired) electrons. The van der Waals surface area contributed by atoms with Crippen molar-refractivity contribution in [2.45, 2.75) is 56.8 Å². The van der Waals surface area contributed by atoms with Crippen LogP contribution in [0.25, 0.3) is 0 Å². The van der Waals surface area contributed by atoms with Gasteiger partial charge in [0.1, 0.15) is 0 Å². The van der Waals surface area contributed by atoms with E-state index in [0.717, 1.165) is 6.92 Å². The summed E-state index contributed by atoms with van der Waals surface area (Å²) in [4.78, 5) is 10.8. The van der Waals surface area contributed by atoms with E-state index in [2.05, 4.69) is 0 Å². The number of ether oxygens (including phenoxy) is 2. The molecule has 0 aromatic carbocycles. The number of carboxylic acid groups (broad SMARTS) is 1. The lowest BCUT2D eigenvalue weighted by Gasteiger charge is -2.34. The molecule has 4 nitrogen and oxygen atoms in total. The molecule has 1 saturated heterocycles. The van der Waals surface area contributed by atoms with Crippen LogP contribution in [0.15, 0.2) is 0 Å². The second-order valence-corrected chi connectivity index (χ2v) is 5.35. The van der Waals surface area contributed by atoms with Gasteiger partial charge in [-0.05, 0) is 19.8 Å². The molecule has 0 bridgehead atoms. The predicted molar refractivity (Wildman–Crippen MR) is 58.4 cm³/mol. The van der Waals surface area contributed by atoms with Gasteiger partial charge >= 0.3 is 5.97 Å². The van der Waals surface area contributed by atoms with Crippen molar-refractivity contribution >= 4 is 5.97 Å². The van der Waals surface area contributed by atoms with Gasteiger partial charge in [0, 0.05) is 19.3 Å². The van der Waals surface area contributed by atoms with E-state index in [1.54, 1.807) is 0 Å². The molecule has 1 saturated carbocycles. The molecule has 1 aliphatic carbocycles. The van der Waals surface area contributed by atoms with E-state index in [9.17, 15) is 13.6 Å². The zero-order valence-corrected chi connectivity index (χ0v) is 10.3. The lowest BCUT2D eigenvalue weighted by molar-refractivity contribution is -0.199. The number of alkyl halides is 2. The molecular weight excluding hydrogens is 246 g/mol. The van der Waals surface area contributed by atoms with Crippen LogP contribution in [0.4, 0.5) is 8.78 Å². The summed E-state index contributed by atoms with van der Waals surface area (Å²) >= 11 is 0. The van der Waals surface area contributed by atoms with E-state index in [-0.39, 0.29) is 18.9 Å². The highest BCUT2D eigenvalue weighted by Crippen LogP contribution is 2.41. The van der Waals surface area contributed by atoms with Gasteiger partial charge < -0.3 is 14.6 Å². The third kappa shape index (κ3) is 3.17. The minimum absolute atomic E-state index is 0.168. The summed E-state index contributed by atoms with van der Waals surface area (Å²) in [5, 5.41) is 8.89. The van der Waals surface area contributed by atoms with Crippen molar-refractivity contribution in [1.82, 2.24) is 0 Å². The van der Waals surface area contributed by atoms with Gasteiger partial charge in [0.25, 0.3) is 0 Å². The van der Waals surface area contributed by atoms with Gasteiger partial charge in [-0.2, -0.15) is 0 Å². The van der Waals surface area contributed by atoms with Crippen molar-refractivity contribution < 1.29 is 28.2 Å². The SMILES string of the molecule is CC(F)(F)CC1COC2(CCC(C(=O)O)CC2)O1. The van der Waals surface area contributed by atoms with E-state index in [0.29, 0.717) is 25.7 Å². The Labute approximate surface area is 104 Å². The molecule has 1 spiro atoms. The molecule has 1 N–H and O–H groups in total. The van der Waals surface area contributed by atoms with Crippen molar-refractivity contribution in [3.63, 3.8) is 0 Å². The maximum absolute atomic E-state index is 12.9. The van der Waals surface area contributed by atoms with Crippen LogP contribution in [-0.4, -0.2) is 35.5 Å². The topological polar surface area (TPSA) is 55.8 Å². The Morgan fingerprint density at radius 1 is 1.44 bits per heavy atom. The van der Waals surface area contributed by atoms with Crippen LogP contribution >= 0.6 is 0 Å². The molecule has 0 aromatic heterocycles. The minimum atomic E-state index is -2.77. The number of carboxylic acids is 1. The van der Waals surface area contributed by atoms with E-state index in [1.165, 1.54) is 0 Å². The summed E-state index contributed by atoms with van der Waals surface area (Å²) in [6.45, 7) is 1.03. The molecule has 2 rings (SSSR count). The number of hydrogen-bond acceptors (Lipinski definition) is 3. The van der Waals surface area contributed by atoms with Crippen molar-refractivity contribution in [2.24, 2.45) is 5.92 Å². The van der Waals surface area contributed by atoms with Gasteiger partial charge in [0.15, 0.2) is 5.79 Å². The molecule has 1 unspecified atom stereocenters. The fraction of sp³-hybridized carbons (Fsp3) is 0.917. The third-order valence-electron chi connectivity index (χ3n) is 3.60. The van der Waals surface area contributed by atoms with Crippen LogP contribution in [0.3, 0.4) is 0 Å². The predicted octanol–water partition coefficient (Wildman–Crippen LogP) is 2.42. The van der Waals surface area contributed by atoms with Crippen LogP contribution in [-0.2, 0) is 14.3 Å². The van der Waals surface area contributed by atoms with E-state index < -0.39 is 23.8 Å². The summed E-state index contributed by atoms with van der Waals surface area (Å²) in [7, 11) is 0. The zero-order chi connectivity index (χ0) is 13.4. The standard InChI is InChI=1S/C12H18F2O4/c1-11(13,14)6-9-7-17-12(18-9)4-2-8(3-5-12)10(15)16/h8-9H,2-7H2,1H3,(H,15,16). The molecule has 0 aromatic rings. The molecule has 104 valence electrons. The molecule has 1 atom stereocenters. The van der Waals surface area contributed by atoms with Crippen molar-refractivity contribution in [2.75, 3.05) is 6.61 Å². The third-order valence-corrected chi connectivity index (χ3v) is 3.60. The quantitative estimate of drug-likeness (QED) is 0.850. The Morgan fingerprint density at radius 3 is 2.56 bits per heavy atom. The van der Waals surface area contributed by atoms with Crippen LogP contribution < -0.4 is 0 Å². The van der Waals surface area contributed by atoms with Gasteiger partial charge in [-0.1, -0.05) is 0 Å². The molecule has 2 aliphatic rings. The summed E-state index contributed by atoms with van der Waals surface area (Å²) in [6.07, 6.45) is 0.948. The van der Waals surface area contributed by atoms with Gasteiger partial charge in [-0.3, -0.25) is 4.79 Å². The van der Waals surface area contributed by atoms with Crippen molar-refractivity contribution in [3.8, 4) is 0 Å². The normalized spacial score (nSPS) is 37.1. The molecule has 6 heteroatoms. The van der Waals surface area contributed by atoms with Crippen LogP contribution in [0.5, 0.6) is 0 Å². The van der Waals surface area contributed by atoms with Crippen LogP contribution in [0, 0.1) is 5.92 Å². The van der Waals surface area contributed by atoms with E-state index in [1.807, 2.05) is 0 Å². The lowest BCUT2D eigenvalue weighted by atomic mass is 9.85. The zero-order valence-electron chi connectivity index (χ0n) is 10.3. The molecular formula is C12H18F2O4. The molecule has 2 fully saturated rings. The molecule has 1 aliphatic heterocycles. The second-order valence-electron chi connectivity index (χ2n) is 5.35. The lowest BCUT2D eigenvalue weighted by Crippen LogP contribution is -2.38. The monoisotopic (exact) mass is 264 g/mol. The first kappa shape index (κ1) is 13.7. The fourth-order valence-electron chi connectivity index (χ4n) is 2.68. The highest BCUT2D eigenvalue weighted by Gasteiger charge is 2.46. The van der Waals surface area contributed by atoms with Gasteiger partial charge in [-0.15, -0.1) is 0 Å². The number of halogens is 2. The maximum atomic E-state index is 12.9. The van der Waals surface area contributed by atoms with E-state index in [4.69, 9.17) is 14.6 Å². The first-order valence-corrected chi connectivity index (χ1v) is 6.22. The second kappa shape index (κ2) is 4.74. The van der Waals surface area contributed by atoms with Gasteiger partial charge in [0.05, 0.1) is 18.6 Å². The average molecular weight is 264 g/mol. The summed E-state index contributed by atoms with van der Waals surface area (Å²) in [6, 6.07) is 0. The first-order chi connectivity index (χ1) is 8.30. The highest BCUT2D eigenvalue weighted by atomic mass is 19.3. The highest BCUT2D eigenvalue weighted by molar-refractivity contribution is 5.70. The Balaban J connectivity index is 1.87. The number of carbonyl (C=O) groups is 1. The van der Waals surface area contributed by atoms with Crippen molar-refractivity contribution in [3.05, 3.63) is 0 Å². The largest absolute Gasteiger partial charge is 0.481 e. The Hall–Kier alpha value is -0.750. The van der Waals surface area contributed by atoms with Gasteiger partial charge in [0.2, 0.25) is 5.92 Å². The fourth-order valence-corrected chi connectivity index (χ4v) is 2.68. The Bertz CT molecular complexity index is 319. The summed E-state index contributed by atoms with van der Waals surface area (Å²) in [5.74, 6) is -4.76. The van der Waals surface area contributed by atoms with Crippen LogP contribution in [0.2, 0.25) is 0 Å². The van der Waals surface area contributed by atoms with E-state index >= 15 is 0 Å². The Kier molecular flexibility index (Phi) is 3.60. The number of rotatable bonds is 3. The Morgan fingerprint density at radius 2 is 2.06 bits per heavy atom. The minimum Gasteiger partial charge on any atom is -0.481 e. The average Bonchev–Trinajstić information content (AvgIpc) is 2.59. The van der Waals surface area contributed by atoms with Crippen LogP contribution in [0.1, 0.15) is 39.0 Å². The smallest absolute Gasteiger partial charge is 0.306 e. The van der Waals surface area contributed by atoms with Gasteiger partial charge in [-0.25, -0.2) is 8.78 Å². The molecule has 18 heavy (non-hydrogen) atoms. The maximum Gasteiger partial charge on any atom is 0.306 e. The summed E-state index contributed by atoms with van der Waals surface area (Å²) < 4.78 is 36.9. The summed E-state index contributed by atoms with van der Waals surface area (Å²) in [5.41, 5.74) is 0. The molecule has 0 amide bonds.